The molecule has 0 atom stereocenters. The summed E-state index contributed by atoms with van der Waals surface area (Å²) in [5.41, 5.74) is 2.41. The van der Waals surface area contributed by atoms with Gasteiger partial charge in [-0.25, -0.2) is 0 Å². The predicted octanol–water partition coefficient (Wildman–Crippen LogP) is 5.28. The maximum absolute atomic E-state index is 12.6. The van der Waals surface area contributed by atoms with Crippen molar-refractivity contribution in [2.45, 2.75) is 0 Å². The molecule has 4 aromatic rings. The molecular weight excluding hydrogens is 342 g/mol. The summed E-state index contributed by atoms with van der Waals surface area (Å²) in [5, 5.41) is 13.7. The van der Waals surface area contributed by atoms with E-state index < -0.39 is 0 Å². The number of hydrogen-bond donors (Lipinski definition) is 2. The lowest BCUT2D eigenvalue weighted by molar-refractivity contribution is 0.483. The lowest BCUT2D eigenvalue weighted by Crippen LogP contribution is -2.09. The van der Waals surface area contributed by atoms with Crippen molar-refractivity contribution in [1.82, 2.24) is 4.98 Å². The number of benzene rings is 2. The number of H-pyrrole nitrogens is 1. The molecule has 5 heteroatoms. The lowest BCUT2D eigenvalue weighted by Gasteiger charge is -2.09. The normalized spacial score (nSPS) is 11.0. The fourth-order valence-corrected chi connectivity index (χ4v) is 3.94. The quantitative estimate of drug-likeness (QED) is 0.515. The van der Waals surface area contributed by atoms with Gasteiger partial charge in [0.25, 0.3) is 5.56 Å². The van der Waals surface area contributed by atoms with Gasteiger partial charge in [0, 0.05) is 16.0 Å². The van der Waals surface area contributed by atoms with Gasteiger partial charge in [0.1, 0.15) is 5.75 Å². The molecule has 2 aromatic heterocycles. The fraction of sp³-hybridized carbons (Fsp3) is 0. The molecule has 0 amide bonds. The van der Waals surface area contributed by atoms with Crippen LogP contribution in [0.2, 0.25) is 5.02 Å². The highest BCUT2D eigenvalue weighted by molar-refractivity contribution is 7.14. The van der Waals surface area contributed by atoms with Crippen LogP contribution in [0.25, 0.3) is 32.5 Å². The number of aromatic amines is 1. The van der Waals surface area contributed by atoms with Gasteiger partial charge in [-0.2, -0.15) is 0 Å². The van der Waals surface area contributed by atoms with Crippen molar-refractivity contribution in [3.63, 3.8) is 0 Å². The molecule has 3 nitrogen and oxygen atoms in total. The number of pyridine rings is 1. The minimum atomic E-state index is -0.332. The van der Waals surface area contributed by atoms with Gasteiger partial charge in [-0.05, 0) is 35.2 Å². The molecule has 24 heavy (non-hydrogen) atoms. The summed E-state index contributed by atoms with van der Waals surface area (Å²) in [6.45, 7) is 0. The molecule has 0 aliphatic carbocycles. The molecule has 2 N–H and O–H groups in total. The molecule has 4 rings (SSSR count). The molecule has 0 spiro atoms. The van der Waals surface area contributed by atoms with Crippen molar-refractivity contribution in [3.05, 3.63) is 75.4 Å². The van der Waals surface area contributed by atoms with E-state index >= 15 is 0 Å². The second-order valence-electron chi connectivity index (χ2n) is 5.40. The maximum atomic E-state index is 12.6. The topological polar surface area (TPSA) is 53.1 Å². The number of hydrogen-bond acceptors (Lipinski definition) is 3. The Balaban J connectivity index is 2.01. The highest BCUT2D eigenvalue weighted by atomic mass is 35.5. The predicted molar refractivity (Wildman–Crippen MR) is 100.0 cm³/mol. The smallest absolute Gasteiger partial charge is 0.260 e. The fourth-order valence-electron chi connectivity index (χ4n) is 2.81. The van der Waals surface area contributed by atoms with E-state index in [4.69, 9.17) is 11.6 Å². The first kappa shape index (κ1) is 15.0. The van der Waals surface area contributed by atoms with Crippen LogP contribution >= 0.6 is 22.9 Å². The number of thiophene rings is 1. The molecule has 0 aliphatic heterocycles. The van der Waals surface area contributed by atoms with Gasteiger partial charge in [-0.15, -0.1) is 11.3 Å². The van der Waals surface area contributed by atoms with Gasteiger partial charge < -0.3 is 10.1 Å². The number of nitrogens with one attached hydrogen (secondary N) is 1. The Hall–Kier alpha value is -2.56. The Morgan fingerprint density at radius 3 is 2.62 bits per heavy atom. The first-order valence-electron chi connectivity index (χ1n) is 7.33. The van der Waals surface area contributed by atoms with Crippen LogP contribution in [0, 0.1) is 0 Å². The highest BCUT2D eigenvalue weighted by Crippen LogP contribution is 2.41. The summed E-state index contributed by atoms with van der Waals surface area (Å²) in [6.07, 6.45) is 0. The first-order chi connectivity index (χ1) is 11.6. The van der Waals surface area contributed by atoms with E-state index in [9.17, 15) is 9.90 Å². The second-order valence-corrected chi connectivity index (χ2v) is 6.75. The summed E-state index contributed by atoms with van der Waals surface area (Å²) in [6, 6.07) is 16.8. The molecule has 2 aromatic carbocycles. The van der Waals surface area contributed by atoms with Crippen LogP contribution in [-0.4, -0.2) is 10.1 Å². The van der Waals surface area contributed by atoms with Crippen molar-refractivity contribution < 1.29 is 5.11 Å². The Labute approximate surface area is 146 Å². The highest BCUT2D eigenvalue weighted by Gasteiger charge is 2.19. The number of halogens is 1. The third-order valence-corrected chi connectivity index (χ3v) is 5.09. The van der Waals surface area contributed by atoms with Gasteiger partial charge in [-0.1, -0.05) is 41.9 Å². The molecule has 0 radical (unpaired) electrons. The molecular formula is C19H12ClNO2S. The average Bonchev–Trinajstić information content (AvgIpc) is 3.04. The van der Waals surface area contributed by atoms with Crippen LogP contribution in [0.3, 0.4) is 0 Å². The zero-order chi connectivity index (χ0) is 16.7. The van der Waals surface area contributed by atoms with Crippen LogP contribution in [0.4, 0.5) is 0 Å². The number of rotatable bonds is 2. The van der Waals surface area contributed by atoms with Gasteiger partial charge in [-0.3, -0.25) is 4.79 Å². The molecule has 118 valence electrons. The monoisotopic (exact) mass is 353 g/mol. The lowest BCUT2D eigenvalue weighted by atomic mass is 10.0. The molecule has 0 saturated heterocycles. The average molecular weight is 354 g/mol. The van der Waals surface area contributed by atoms with Crippen molar-refractivity contribution in [2.24, 2.45) is 0 Å². The van der Waals surface area contributed by atoms with Gasteiger partial charge in [0.05, 0.1) is 16.0 Å². The summed E-state index contributed by atoms with van der Waals surface area (Å²) < 4.78 is 0. The van der Waals surface area contributed by atoms with E-state index in [0.29, 0.717) is 21.5 Å². The van der Waals surface area contributed by atoms with Crippen LogP contribution in [-0.2, 0) is 0 Å². The summed E-state index contributed by atoms with van der Waals surface area (Å²) in [7, 11) is 0. The summed E-state index contributed by atoms with van der Waals surface area (Å²) >= 11 is 7.40. The number of aromatic hydroxyl groups is 1. The van der Waals surface area contributed by atoms with Crippen LogP contribution in [0.1, 0.15) is 0 Å². The minimum absolute atomic E-state index is 0.0231. The third-order valence-electron chi connectivity index (χ3n) is 3.93. The Morgan fingerprint density at radius 2 is 1.83 bits per heavy atom. The molecule has 0 aliphatic rings. The zero-order valence-electron chi connectivity index (χ0n) is 12.4. The van der Waals surface area contributed by atoms with Gasteiger partial charge in [0.2, 0.25) is 0 Å². The van der Waals surface area contributed by atoms with E-state index in [1.165, 1.54) is 11.3 Å². The minimum Gasteiger partial charge on any atom is -0.506 e. The van der Waals surface area contributed by atoms with E-state index in [1.807, 2.05) is 41.8 Å². The van der Waals surface area contributed by atoms with Crippen LogP contribution in [0.15, 0.2) is 64.8 Å². The van der Waals surface area contributed by atoms with E-state index in [-0.39, 0.29) is 11.3 Å². The van der Waals surface area contributed by atoms with Crippen molar-refractivity contribution in [2.75, 3.05) is 0 Å². The summed E-state index contributed by atoms with van der Waals surface area (Å²) in [4.78, 5) is 16.2. The Morgan fingerprint density at radius 1 is 1.04 bits per heavy atom. The maximum Gasteiger partial charge on any atom is 0.260 e. The Kier molecular flexibility index (Phi) is 3.63. The van der Waals surface area contributed by atoms with Crippen LogP contribution in [0.5, 0.6) is 5.75 Å². The Bertz CT molecular complexity index is 1100. The molecule has 0 bridgehead atoms. The van der Waals surface area contributed by atoms with Crippen molar-refractivity contribution in [1.29, 1.82) is 0 Å². The number of fused-ring (bicyclic) bond motifs is 1. The van der Waals surface area contributed by atoms with Crippen LogP contribution < -0.4 is 5.56 Å². The van der Waals surface area contributed by atoms with Crippen molar-refractivity contribution >= 4 is 33.8 Å². The zero-order valence-corrected chi connectivity index (χ0v) is 14.0. The summed E-state index contributed by atoms with van der Waals surface area (Å²) in [5.74, 6) is -0.0231. The first-order valence-corrected chi connectivity index (χ1v) is 8.58. The number of aromatic nitrogens is 1. The second kappa shape index (κ2) is 5.82. The standard InChI is InChI=1S/C19H12ClNO2S/c20-12-6-7-14-15(10-12)21-19(23)16(17(14)22)18-13(8-9-24-18)11-4-2-1-3-5-11/h1-10H,(H2,21,22,23). The SMILES string of the molecule is O=c1[nH]c2cc(Cl)ccc2c(O)c1-c1sccc1-c1ccccc1. The third kappa shape index (κ3) is 2.40. The van der Waals surface area contributed by atoms with Gasteiger partial charge in [0.15, 0.2) is 0 Å². The molecule has 2 heterocycles. The van der Waals surface area contributed by atoms with Gasteiger partial charge >= 0.3 is 0 Å². The molecule has 0 saturated carbocycles. The van der Waals surface area contributed by atoms with E-state index in [0.717, 1.165) is 16.0 Å². The largest absolute Gasteiger partial charge is 0.506 e. The molecule has 0 fully saturated rings. The van der Waals surface area contributed by atoms with Crippen molar-refractivity contribution in [3.8, 4) is 27.3 Å². The van der Waals surface area contributed by atoms with E-state index in [1.54, 1.807) is 18.2 Å². The van der Waals surface area contributed by atoms with E-state index in [2.05, 4.69) is 4.98 Å². The molecule has 0 unspecified atom stereocenters.